The van der Waals surface area contributed by atoms with Crippen LogP contribution in [-0.2, 0) is 16.0 Å². The van der Waals surface area contributed by atoms with Crippen molar-refractivity contribution in [3.05, 3.63) is 30.0 Å². The van der Waals surface area contributed by atoms with Gasteiger partial charge >= 0.3 is 11.9 Å². The number of rotatable bonds is 13. The SMILES string of the molecule is CCCN(CCC)CCc1c[nH]c2cccc(OC(=O)CCCCC(=O)O)c12. The summed E-state index contributed by atoms with van der Waals surface area (Å²) in [6.45, 7) is 7.56. The van der Waals surface area contributed by atoms with E-state index in [0.29, 0.717) is 18.6 Å². The Morgan fingerprint density at radius 3 is 2.46 bits per heavy atom. The number of carboxylic acid groups (broad SMARTS) is 1. The Morgan fingerprint density at radius 1 is 1.07 bits per heavy atom. The average molecular weight is 389 g/mol. The summed E-state index contributed by atoms with van der Waals surface area (Å²) in [4.78, 5) is 28.5. The van der Waals surface area contributed by atoms with Gasteiger partial charge in [0.05, 0.1) is 0 Å². The lowest BCUT2D eigenvalue weighted by Gasteiger charge is -2.20. The predicted molar refractivity (Wildman–Crippen MR) is 111 cm³/mol. The van der Waals surface area contributed by atoms with E-state index in [-0.39, 0.29) is 18.8 Å². The number of aliphatic carboxylic acids is 1. The Morgan fingerprint density at radius 2 is 1.79 bits per heavy atom. The van der Waals surface area contributed by atoms with E-state index in [2.05, 4.69) is 23.7 Å². The van der Waals surface area contributed by atoms with E-state index in [1.807, 2.05) is 24.4 Å². The van der Waals surface area contributed by atoms with Gasteiger partial charge in [-0.15, -0.1) is 0 Å². The summed E-state index contributed by atoms with van der Waals surface area (Å²) >= 11 is 0. The maximum Gasteiger partial charge on any atom is 0.311 e. The number of carbonyl (C=O) groups excluding carboxylic acids is 1. The van der Waals surface area contributed by atoms with Gasteiger partial charge in [-0.1, -0.05) is 19.9 Å². The Bertz CT molecular complexity index is 763. The second-order valence-electron chi connectivity index (χ2n) is 7.16. The standard InChI is InChI=1S/C22H32N2O4/c1-3-13-24(14-4-2)15-12-17-16-23-18-8-7-9-19(22(17)18)28-21(27)11-6-5-10-20(25)26/h7-9,16,23H,3-6,10-15H2,1-2H3,(H,25,26). The number of carboxylic acids is 1. The molecule has 6 heteroatoms. The fourth-order valence-corrected chi connectivity index (χ4v) is 3.47. The van der Waals surface area contributed by atoms with Gasteiger partial charge in [-0.25, -0.2) is 0 Å². The first-order valence-corrected chi connectivity index (χ1v) is 10.3. The van der Waals surface area contributed by atoms with Gasteiger partial charge in [0.2, 0.25) is 0 Å². The van der Waals surface area contributed by atoms with Gasteiger partial charge in [-0.05, 0) is 62.9 Å². The molecule has 0 fully saturated rings. The van der Waals surface area contributed by atoms with Crippen molar-refractivity contribution >= 4 is 22.8 Å². The molecule has 0 bridgehead atoms. The van der Waals surface area contributed by atoms with Crippen molar-refractivity contribution in [2.75, 3.05) is 19.6 Å². The number of nitrogens with zero attached hydrogens (tertiary/aromatic N) is 1. The fourth-order valence-electron chi connectivity index (χ4n) is 3.47. The van der Waals surface area contributed by atoms with Crippen LogP contribution < -0.4 is 4.74 Å². The van der Waals surface area contributed by atoms with Crippen LogP contribution in [-0.4, -0.2) is 46.6 Å². The third-order valence-corrected chi connectivity index (χ3v) is 4.77. The topological polar surface area (TPSA) is 82.6 Å². The molecule has 2 aromatic rings. The highest BCUT2D eigenvalue weighted by molar-refractivity contribution is 5.91. The molecule has 28 heavy (non-hydrogen) atoms. The normalized spacial score (nSPS) is 11.2. The second kappa shape index (κ2) is 11.5. The van der Waals surface area contributed by atoms with Crippen LogP contribution in [0.5, 0.6) is 5.75 Å². The molecule has 1 aromatic heterocycles. The molecular weight excluding hydrogens is 356 g/mol. The number of hydrogen-bond donors (Lipinski definition) is 2. The smallest absolute Gasteiger partial charge is 0.311 e. The monoisotopic (exact) mass is 388 g/mol. The molecule has 6 nitrogen and oxygen atoms in total. The van der Waals surface area contributed by atoms with Gasteiger partial charge < -0.3 is 19.7 Å². The first kappa shape index (κ1) is 22.0. The molecule has 0 spiro atoms. The second-order valence-corrected chi connectivity index (χ2v) is 7.16. The van der Waals surface area contributed by atoms with Gasteiger partial charge in [0.15, 0.2) is 0 Å². The van der Waals surface area contributed by atoms with Crippen molar-refractivity contribution in [1.82, 2.24) is 9.88 Å². The Hall–Kier alpha value is -2.34. The third kappa shape index (κ3) is 6.68. The lowest BCUT2D eigenvalue weighted by molar-refractivity contribution is -0.138. The van der Waals surface area contributed by atoms with E-state index in [4.69, 9.17) is 9.84 Å². The lowest BCUT2D eigenvalue weighted by atomic mass is 10.1. The molecule has 0 radical (unpaired) electrons. The minimum Gasteiger partial charge on any atom is -0.481 e. The zero-order valence-corrected chi connectivity index (χ0v) is 17.0. The fraction of sp³-hybridized carbons (Fsp3) is 0.545. The Kier molecular flexibility index (Phi) is 9.01. The molecule has 0 unspecified atom stereocenters. The van der Waals surface area contributed by atoms with Gasteiger partial charge in [0.25, 0.3) is 0 Å². The molecule has 0 atom stereocenters. The molecule has 1 heterocycles. The number of ether oxygens (including phenoxy) is 1. The van der Waals surface area contributed by atoms with Gasteiger partial charge in [-0.2, -0.15) is 0 Å². The number of unbranched alkanes of at least 4 members (excludes halogenated alkanes) is 1. The summed E-state index contributed by atoms with van der Waals surface area (Å²) in [5, 5.41) is 9.64. The third-order valence-electron chi connectivity index (χ3n) is 4.77. The summed E-state index contributed by atoms with van der Waals surface area (Å²) in [5.41, 5.74) is 2.12. The van der Waals surface area contributed by atoms with E-state index in [0.717, 1.165) is 55.4 Å². The van der Waals surface area contributed by atoms with Crippen molar-refractivity contribution in [3.63, 3.8) is 0 Å². The van der Waals surface area contributed by atoms with Gasteiger partial charge in [0, 0.05) is 36.5 Å². The zero-order valence-electron chi connectivity index (χ0n) is 17.0. The quantitative estimate of drug-likeness (QED) is 0.302. The summed E-state index contributed by atoms with van der Waals surface area (Å²) in [5.74, 6) is -0.576. The van der Waals surface area contributed by atoms with Crippen molar-refractivity contribution in [3.8, 4) is 5.75 Å². The zero-order chi connectivity index (χ0) is 20.4. The molecule has 2 N–H and O–H groups in total. The molecule has 0 saturated carbocycles. The van der Waals surface area contributed by atoms with Crippen molar-refractivity contribution in [2.24, 2.45) is 0 Å². The van der Waals surface area contributed by atoms with E-state index in [9.17, 15) is 9.59 Å². The van der Waals surface area contributed by atoms with Crippen LogP contribution in [0.15, 0.2) is 24.4 Å². The summed E-state index contributed by atoms with van der Waals surface area (Å²) in [6, 6.07) is 5.68. The number of esters is 1. The number of carbonyl (C=O) groups is 2. The number of aromatic amines is 1. The lowest BCUT2D eigenvalue weighted by Crippen LogP contribution is -2.27. The van der Waals surface area contributed by atoms with E-state index >= 15 is 0 Å². The molecule has 2 rings (SSSR count). The summed E-state index contributed by atoms with van der Waals surface area (Å²) in [7, 11) is 0. The van der Waals surface area contributed by atoms with Crippen molar-refractivity contribution in [1.29, 1.82) is 0 Å². The average Bonchev–Trinajstić information content (AvgIpc) is 3.08. The molecular formula is C22H32N2O4. The minimum absolute atomic E-state index is 0.0802. The highest BCUT2D eigenvalue weighted by Crippen LogP contribution is 2.29. The maximum absolute atomic E-state index is 12.2. The van der Waals surface area contributed by atoms with Crippen LogP contribution in [0.25, 0.3) is 10.9 Å². The van der Waals surface area contributed by atoms with Crippen LogP contribution >= 0.6 is 0 Å². The van der Waals surface area contributed by atoms with Crippen LogP contribution in [0.2, 0.25) is 0 Å². The summed E-state index contributed by atoms with van der Waals surface area (Å²) < 4.78 is 5.62. The molecule has 0 saturated heterocycles. The summed E-state index contributed by atoms with van der Waals surface area (Å²) in [6.07, 6.45) is 6.48. The van der Waals surface area contributed by atoms with E-state index in [1.165, 1.54) is 0 Å². The highest BCUT2D eigenvalue weighted by atomic mass is 16.5. The Balaban J connectivity index is 2.03. The minimum atomic E-state index is -0.838. The van der Waals surface area contributed by atoms with E-state index < -0.39 is 5.97 Å². The molecule has 0 aliphatic carbocycles. The maximum atomic E-state index is 12.2. The largest absolute Gasteiger partial charge is 0.481 e. The Labute approximate surface area is 166 Å². The van der Waals surface area contributed by atoms with Crippen molar-refractivity contribution in [2.45, 2.75) is 58.8 Å². The van der Waals surface area contributed by atoms with Crippen molar-refractivity contribution < 1.29 is 19.4 Å². The number of H-pyrrole nitrogens is 1. The van der Waals surface area contributed by atoms with Crippen LogP contribution in [0.1, 0.15) is 57.9 Å². The number of nitrogens with one attached hydrogen (secondary N) is 1. The number of fused-ring (bicyclic) bond motifs is 1. The van der Waals surface area contributed by atoms with E-state index in [1.54, 1.807) is 0 Å². The number of hydrogen-bond acceptors (Lipinski definition) is 4. The molecule has 0 aliphatic heterocycles. The van der Waals surface area contributed by atoms with Gasteiger partial charge in [0.1, 0.15) is 5.75 Å². The van der Waals surface area contributed by atoms with Crippen LogP contribution in [0.4, 0.5) is 0 Å². The first-order valence-electron chi connectivity index (χ1n) is 10.3. The predicted octanol–water partition coefficient (Wildman–Crippen LogP) is 4.38. The molecule has 154 valence electrons. The molecule has 0 aliphatic rings. The molecule has 1 aromatic carbocycles. The highest BCUT2D eigenvalue weighted by Gasteiger charge is 2.14. The number of benzene rings is 1. The number of aromatic nitrogens is 1. The molecule has 0 amide bonds. The van der Waals surface area contributed by atoms with Crippen LogP contribution in [0, 0.1) is 0 Å². The van der Waals surface area contributed by atoms with Crippen LogP contribution in [0.3, 0.4) is 0 Å². The van der Waals surface area contributed by atoms with Gasteiger partial charge in [-0.3, -0.25) is 9.59 Å². The first-order chi connectivity index (χ1) is 13.5.